The molecule has 2 aromatic heterocycles. The number of nitrogens with zero attached hydrogens (tertiary/aromatic N) is 2. The Morgan fingerprint density at radius 1 is 1.35 bits per heavy atom. The summed E-state index contributed by atoms with van der Waals surface area (Å²) < 4.78 is 2.09. The molecule has 2 heterocycles. The molecular formula is C13H10N2OS. The van der Waals surface area contributed by atoms with Crippen LogP contribution in [0.25, 0.3) is 10.9 Å². The Balaban J connectivity index is 2.13. The maximum Gasteiger partial charge on any atom is 0.152 e. The maximum atomic E-state index is 11.1. The average molecular weight is 242 g/mol. The zero-order valence-corrected chi connectivity index (χ0v) is 9.85. The predicted octanol–water partition coefficient (Wildman–Crippen LogP) is 2.96. The van der Waals surface area contributed by atoms with Crippen LogP contribution in [0.5, 0.6) is 0 Å². The van der Waals surface area contributed by atoms with Crippen molar-refractivity contribution in [3.8, 4) is 0 Å². The standard InChI is InChI=1S/C13H10N2OS/c16-8-11-3-1-2-10-4-5-15(13(10)11)7-12-6-14-9-17-12/h1-6,8-9H,7H2. The fraction of sp³-hybridized carbons (Fsp3) is 0.0769. The number of carbonyl (C=O) groups excluding carboxylic acids is 1. The smallest absolute Gasteiger partial charge is 0.152 e. The maximum absolute atomic E-state index is 11.1. The number of benzene rings is 1. The highest BCUT2D eigenvalue weighted by Crippen LogP contribution is 2.21. The summed E-state index contributed by atoms with van der Waals surface area (Å²) in [6.07, 6.45) is 4.78. The van der Waals surface area contributed by atoms with Gasteiger partial charge in [0.2, 0.25) is 0 Å². The number of rotatable bonds is 3. The molecule has 4 heteroatoms. The molecule has 1 aromatic carbocycles. The SMILES string of the molecule is O=Cc1cccc2ccn(Cc3cncs3)c12. The largest absolute Gasteiger partial charge is 0.342 e. The lowest BCUT2D eigenvalue weighted by molar-refractivity contribution is 0.112. The molecule has 0 aliphatic heterocycles. The summed E-state index contributed by atoms with van der Waals surface area (Å²) in [6, 6.07) is 7.80. The van der Waals surface area contributed by atoms with Gasteiger partial charge < -0.3 is 4.57 Å². The van der Waals surface area contributed by atoms with Gasteiger partial charge in [-0.3, -0.25) is 9.78 Å². The van der Waals surface area contributed by atoms with Crippen LogP contribution in [0.3, 0.4) is 0 Å². The van der Waals surface area contributed by atoms with E-state index in [0.29, 0.717) is 0 Å². The van der Waals surface area contributed by atoms with E-state index < -0.39 is 0 Å². The van der Waals surface area contributed by atoms with Crippen molar-refractivity contribution in [1.82, 2.24) is 9.55 Å². The molecule has 0 radical (unpaired) electrons. The number of para-hydroxylation sites is 1. The normalized spacial score (nSPS) is 10.8. The van der Waals surface area contributed by atoms with Crippen LogP contribution < -0.4 is 0 Å². The molecule has 0 unspecified atom stereocenters. The second-order valence-corrected chi connectivity index (χ2v) is 4.79. The highest BCUT2D eigenvalue weighted by atomic mass is 32.1. The molecule has 3 nitrogen and oxygen atoms in total. The molecule has 0 fully saturated rings. The first-order valence-corrected chi connectivity index (χ1v) is 6.17. The number of hydrogen-bond acceptors (Lipinski definition) is 3. The van der Waals surface area contributed by atoms with Crippen LogP contribution >= 0.6 is 11.3 Å². The van der Waals surface area contributed by atoms with Gasteiger partial charge in [0, 0.05) is 28.2 Å². The Labute approximate surface area is 102 Å². The van der Waals surface area contributed by atoms with E-state index >= 15 is 0 Å². The van der Waals surface area contributed by atoms with Gasteiger partial charge in [0.1, 0.15) is 0 Å². The second-order valence-electron chi connectivity index (χ2n) is 3.81. The van der Waals surface area contributed by atoms with Crippen molar-refractivity contribution in [2.24, 2.45) is 0 Å². The molecular weight excluding hydrogens is 232 g/mol. The van der Waals surface area contributed by atoms with Gasteiger partial charge in [-0.25, -0.2) is 0 Å². The van der Waals surface area contributed by atoms with E-state index in [1.807, 2.05) is 42.2 Å². The van der Waals surface area contributed by atoms with Gasteiger partial charge in [-0.1, -0.05) is 12.1 Å². The van der Waals surface area contributed by atoms with Crippen LogP contribution in [0.1, 0.15) is 15.2 Å². The molecule has 0 N–H and O–H groups in total. The molecule has 0 bridgehead atoms. The minimum atomic E-state index is 0.733. The van der Waals surface area contributed by atoms with E-state index in [9.17, 15) is 4.79 Å². The Hall–Kier alpha value is -1.94. The molecule has 0 atom stereocenters. The number of hydrogen-bond donors (Lipinski definition) is 0. The molecule has 17 heavy (non-hydrogen) atoms. The first-order valence-electron chi connectivity index (χ1n) is 5.29. The summed E-state index contributed by atoms with van der Waals surface area (Å²) in [5, 5.41) is 1.10. The lowest BCUT2D eigenvalue weighted by Gasteiger charge is -2.04. The molecule has 0 saturated carbocycles. The van der Waals surface area contributed by atoms with Crippen molar-refractivity contribution in [2.75, 3.05) is 0 Å². The topological polar surface area (TPSA) is 34.9 Å². The third-order valence-electron chi connectivity index (χ3n) is 2.76. The fourth-order valence-corrected chi connectivity index (χ4v) is 2.60. The molecule has 84 valence electrons. The highest BCUT2D eigenvalue weighted by molar-refractivity contribution is 7.09. The second kappa shape index (κ2) is 4.14. The third-order valence-corrected chi connectivity index (χ3v) is 3.52. The van der Waals surface area contributed by atoms with Crippen molar-refractivity contribution in [3.05, 3.63) is 52.6 Å². The Bertz CT molecular complexity index is 655. The summed E-state index contributed by atoms with van der Waals surface area (Å²) in [5.41, 5.74) is 3.55. The molecule has 3 aromatic rings. The molecule has 0 aliphatic rings. The Kier molecular flexibility index (Phi) is 2.49. The average Bonchev–Trinajstić information content (AvgIpc) is 2.99. The third kappa shape index (κ3) is 1.76. The van der Waals surface area contributed by atoms with E-state index in [1.54, 1.807) is 11.3 Å². The minimum absolute atomic E-state index is 0.733. The number of aromatic nitrogens is 2. The van der Waals surface area contributed by atoms with E-state index in [0.717, 1.165) is 29.3 Å². The number of aldehydes is 1. The zero-order valence-electron chi connectivity index (χ0n) is 9.04. The molecule has 3 rings (SSSR count). The number of thiazole rings is 1. The van der Waals surface area contributed by atoms with Gasteiger partial charge in [-0.2, -0.15) is 0 Å². The summed E-state index contributed by atoms with van der Waals surface area (Å²) >= 11 is 1.62. The summed E-state index contributed by atoms with van der Waals surface area (Å²) in [7, 11) is 0. The van der Waals surface area contributed by atoms with Crippen molar-refractivity contribution >= 4 is 28.5 Å². The van der Waals surface area contributed by atoms with Crippen LogP contribution in [0, 0.1) is 0 Å². The van der Waals surface area contributed by atoms with Gasteiger partial charge in [-0.05, 0) is 12.1 Å². The lowest BCUT2D eigenvalue weighted by atomic mass is 10.1. The highest BCUT2D eigenvalue weighted by Gasteiger charge is 2.06. The molecule has 0 amide bonds. The summed E-state index contributed by atoms with van der Waals surface area (Å²) in [5.74, 6) is 0. The Morgan fingerprint density at radius 2 is 2.29 bits per heavy atom. The predicted molar refractivity (Wildman–Crippen MR) is 68.5 cm³/mol. The van der Waals surface area contributed by atoms with Gasteiger partial charge >= 0.3 is 0 Å². The lowest BCUT2D eigenvalue weighted by Crippen LogP contribution is -1.98. The quantitative estimate of drug-likeness (QED) is 0.662. The van der Waals surface area contributed by atoms with Gasteiger partial charge in [0.05, 0.1) is 17.6 Å². The van der Waals surface area contributed by atoms with Gasteiger partial charge in [-0.15, -0.1) is 11.3 Å². The van der Waals surface area contributed by atoms with E-state index in [2.05, 4.69) is 9.55 Å². The van der Waals surface area contributed by atoms with Crippen LogP contribution in [0.4, 0.5) is 0 Å². The van der Waals surface area contributed by atoms with Gasteiger partial charge in [0.15, 0.2) is 6.29 Å². The molecule has 0 aliphatic carbocycles. The van der Waals surface area contributed by atoms with Crippen LogP contribution in [-0.2, 0) is 6.54 Å². The van der Waals surface area contributed by atoms with Crippen molar-refractivity contribution in [2.45, 2.75) is 6.54 Å². The summed E-state index contributed by atoms with van der Waals surface area (Å²) in [6.45, 7) is 0.763. The van der Waals surface area contributed by atoms with Crippen molar-refractivity contribution in [3.63, 3.8) is 0 Å². The first-order chi connectivity index (χ1) is 8.38. The fourth-order valence-electron chi connectivity index (χ4n) is 2.01. The Morgan fingerprint density at radius 3 is 3.06 bits per heavy atom. The van der Waals surface area contributed by atoms with Crippen LogP contribution in [-0.4, -0.2) is 15.8 Å². The minimum Gasteiger partial charge on any atom is -0.342 e. The van der Waals surface area contributed by atoms with Gasteiger partial charge in [0.25, 0.3) is 0 Å². The van der Waals surface area contributed by atoms with E-state index in [-0.39, 0.29) is 0 Å². The van der Waals surface area contributed by atoms with E-state index in [4.69, 9.17) is 0 Å². The van der Waals surface area contributed by atoms with Crippen molar-refractivity contribution < 1.29 is 4.79 Å². The molecule has 0 saturated heterocycles. The number of fused-ring (bicyclic) bond motifs is 1. The van der Waals surface area contributed by atoms with E-state index in [1.165, 1.54) is 4.88 Å². The molecule has 0 spiro atoms. The zero-order chi connectivity index (χ0) is 11.7. The van der Waals surface area contributed by atoms with Crippen molar-refractivity contribution in [1.29, 1.82) is 0 Å². The summed E-state index contributed by atoms with van der Waals surface area (Å²) in [4.78, 5) is 16.3. The van der Waals surface area contributed by atoms with Crippen LogP contribution in [0.2, 0.25) is 0 Å². The monoisotopic (exact) mass is 242 g/mol. The number of carbonyl (C=O) groups is 1. The van der Waals surface area contributed by atoms with Crippen LogP contribution in [0.15, 0.2) is 42.2 Å². The first kappa shape index (κ1) is 10.2.